The van der Waals surface area contributed by atoms with Gasteiger partial charge in [0, 0.05) is 13.6 Å². The zero-order chi connectivity index (χ0) is 15.0. The second-order valence-corrected chi connectivity index (χ2v) is 5.18. The number of carbonyl (C=O) groups excluding carboxylic acids is 3. The van der Waals surface area contributed by atoms with E-state index in [9.17, 15) is 14.4 Å². The molecule has 0 radical (unpaired) electrons. The normalized spacial score (nSPS) is 24.1. The van der Waals surface area contributed by atoms with E-state index in [4.69, 9.17) is 0 Å². The summed E-state index contributed by atoms with van der Waals surface area (Å²) in [5.41, 5.74) is 1.78. The lowest BCUT2D eigenvalue weighted by atomic mass is 10.1. The van der Waals surface area contributed by atoms with Crippen molar-refractivity contribution in [3.63, 3.8) is 0 Å². The van der Waals surface area contributed by atoms with Gasteiger partial charge in [0.15, 0.2) is 0 Å². The van der Waals surface area contributed by atoms with Gasteiger partial charge in [-0.05, 0) is 12.1 Å². The summed E-state index contributed by atoms with van der Waals surface area (Å²) in [4.78, 5) is 36.5. The molecule has 3 amide bonds. The molecule has 2 aliphatic heterocycles. The third-order valence-electron chi connectivity index (χ3n) is 3.77. The number of benzene rings is 1. The van der Waals surface area contributed by atoms with Crippen LogP contribution in [0.3, 0.4) is 0 Å². The van der Waals surface area contributed by atoms with Crippen LogP contribution in [0.1, 0.15) is 6.42 Å². The summed E-state index contributed by atoms with van der Waals surface area (Å²) in [6.45, 7) is 0.424. The Morgan fingerprint density at radius 2 is 2.00 bits per heavy atom. The van der Waals surface area contributed by atoms with Crippen LogP contribution in [-0.2, 0) is 14.4 Å². The third kappa shape index (κ3) is 2.42. The standard InChI is InChI=1S/C14H16N4O3/c1-18-12(19)6-10(14(18)21)17-13(20)11-7-15-8-4-2-3-5-9(8)16-11/h2-5,10-11,15-16H,6-7H2,1H3,(H,17,20). The van der Waals surface area contributed by atoms with Crippen LogP contribution in [0, 0.1) is 0 Å². The molecule has 0 aliphatic carbocycles. The lowest BCUT2D eigenvalue weighted by molar-refractivity contribution is -0.138. The van der Waals surface area contributed by atoms with Crippen molar-refractivity contribution in [2.24, 2.45) is 0 Å². The first kappa shape index (κ1) is 13.4. The summed E-state index contributed by atoms with van der Waals surface area (Å²) < 4.78 is 0. The number of nitrogens with zero attached hydrogens (tertiary/aromatic N) is 1. The Hall–Kier alpha value is -2.57. The number of fused-ring (bicyclic) bond motifs is 1. The van der Waals surface area contributed by atoms with Crippen LogP contribution in [0.25, 0.3) is 0 Å². The number of likely N-dealkylation sites (tertiary alicyclic amines) is 1. The molecule has 3 rings (SSSR count). The summed E-state index contributed by atoms with van der Waals surface area (Å²) >= 11 is 0. The maximum Gasteiger partial charge on any atom is 0.252 e. The number of para-hydroxylation sites is 2. The van der Waals surface area contributed by atoms with Crippen LogP contribution >= 0.6 is 0 Å². The number of carbonyl (C=O) groups is 3. The average molecular weight is 288 g/mol. The smallest absolute Gasteiger partial charge is 0.252 e. The van der Waals surface area contributed by atoms with Gasteiger partial charge in [-0.2, -0.15) is 0 Å². The van der Waals surface area contributed by atoms with Gasteiger partial charge in [0.05, 0.1) is 17.8 Å². The van der Waals surface area contributed by atoms with E-state index in [1.54, 1.807) is 0 Å². The Bertz CT molecular complexity index is 616. The Balaban J connectivity index is 1.65. The van der Waals surface area contributed by atoms with E-state index < -0.39 is 12.1 Å². The summed E-state index contributed by atoms with van der Waals surface area (Å²) in [5.74, 6) is -0.929. The summed E-state index contributed by atoms with van der Waals surface area (Å²) in [5, 5.41) is 8.92. The maximum atomic E-state index is 12.2. The molecule has 21 heavy (non-hydrogen) atoms. The molecule has 7 nitrogen and oxygen atoms in total. The van der Waals surface area contributed by atoms with Gasteiger partial charge in [-0.3, -0.25) is 19.3 Å². The predicted molar refractivity (Wildman–Crippen MR) is 76.7 cm³/mol. The van der Waals surface area contributed by atoms with Crippen LogP contribution in [0.2, 0.25) is 0 Å². The second-order valence-electron chi connectivity index (χ2n) is 5.18. The van der Waals surface area contributed by atoms with Crippen molar-refractivity contribution in [3.8, 4) is 0 Å². The Morgan fingerprint density at radius 3 is 2.67 bits per heavy atom. The summed E-state index contributed by atoms with van der Waals surface area (Å²) in [6.07, 6.45) is 0.0256. The van der Waals surface area contributed by atoms with Crippen molar-refractivity contribution in [2.45, 2.75) is 18.5 Å². The van der Waals surface area contributed by atoms with Gasteiger partial charge in [-0.25, -0.2) is 0 Å². The number of amides is 3. The molecule has 1 aromatic rings. The van der Waals surface area contributed by atoms with Crippen LogP contribution in [-0.4, -0.2) is 48.3 Å². The quantitative estimate of drug-likeness (QED) is 0.654. The number of anilines is 2. The molecule has 2 heterocycles. The molecule has 0 bridgehead atoms. The van der Waals surface area contributed by atoms with E-state index in [1.165, 1.54) is 7.05 Å². The highest BCUT2D eigenvalue weighted by molar-refractivity contribution is 6.07. The molecule has 2 aliphatic rings. The summed E-state index contributed by atoms with van der Waals surface area (Å²) in [6, 6.07) is 6.35. The van der Waals surface area contributed by atoms with Gasteiger partial charge in [-0.15, -0.1) is 0 Å². The van der Waals surface area contributed by atoms with Gasteiger partial charge in [0.2, 0.25) is 11.8 Å². The number of rotatable bonds is 2. The molecule has 2 unspecified atom stereocenters. The lowest BCUT2D eigenvalue weighted by Gasteiger charge is -2.28. The Labute approximate surface area is 121 Å². The first-order valence-corrected chi connectivity index (χ1v) is 6.76. The van der Waals surface area contributed by atoms with E-state index in [0.29, 0.717) is 6.54 Å². The van der Waals surface area contributed by atoms with Crippen molar-refractivity contribution >= 4 is 29.1 Å². The third-order valence-corrected chi connectivity index (χ3v) is 3.77. The van der Waals surface area contributed by atoms with Crippen molar-refractivity contribution in [2.75, 3.05) is 24.2 Å². The summed E-state index contributed by atoms with van der Waals surface area (Å²) in [7, 11) is 1.42. The monoisotopic (exact) mass is 288 g/mol. The highest BCUT2D eigenvalue weighted by Gasteiger charge is 2.38. The van der Waals surface area contributed by atoms with Crippen LogP contribution in [0.4, 0.5) is 11.4 Å². The van der Waals surface area contributed by atoms with Crippen LogP contribution in [0.15, 0.2) is 24.3 Å². The molecule has 0 saturated carbocycles. The van der Waals surface area contributed by atoms with Gasteiger partial charge in [0.25, 0.3) is 5.91 Å². The van der Waals surface area contributed by atoms with E-state index >= 15 is 0 Å². The molecule has 3 N–H and O–H groups in total. The largest absolute Gasteiger partial charge is 0.381 e. The lowest BCUT2D eigenvalue weighted by Crippen LogP contribution is -2.51. The number of hydrogen-bond donors (Lipinski definition) is 3. The molecule has 1 saturated heterocycles. The molecular formula is C14H16N4O3. The predicted octanol–water partition coefficient (Wildman–Crippen LogP) is -0.234. The first-order chi connectivity index (χ1) is 10.1. The number of hydrogen-bond acceptors (Lipinski definition) is 5. The van der Waals surface area contributed by atoms with Crippen molar-refractivity contribution in [1.82, 2.24) is 10.2 Å². The second kappa shape index (κ2) is 5.08. The molecule has 1 fully saturated rings. The maximum absolute atomic E-state index is 12.2. The molecule has 2 atom stereocenters. The minimum absolute atomic E-state index is 0.0256. The van der Waals surface area contributed by atoms with Gasteiger partial charge < -0.3 is 16.0 Å². The number of likely N-dealkylation sites (N-methyl/N-ethyl adjacent to an activating group) is 1. The topological polar surface area (TPSA) is 90.5 Å². The molecule has 110 valence electrons. The van der Waals surface area contributed by atoms with Gasteiger partial charge in [-0.1, -0.05) is 12.1 Å². The highest BCUT2D eigenvalue weighted by atomic mass is 16.2. The Morgan fingerprint density at radius 1 is 1.29 bits per heavy atom. The fraction of sp³-hybridized carbons (Fsp3) is 0.357. The van der Waals surface area contributed by atoms with Gasteiger partial charge in [0.1, 0.15) is 12.1 Å². The zero-order valence-electron chi connectivity index (χ0n) is 11.6. The van der Waals surface area contributed by atoms with Crippen molar-refractivity contribution in [1.29, 1.82) is 0 Å². The Kier molecular flexibility index (Phi) is 3.25. The highest BCUT2D eigenvalue weighted by Crippen LogP contribution is 2.25. The molecule has 1 aromatic carbocycles. The fourth-order valence-electron chi connectivity index (χ4n) is 2.51. The molecule has 7 heteroatoms. The van der Waals surface area contributed by atoms with Gasteiger partial charge >= 0.3 is 0 Å². The van der Waals surface area contributed by atoms with E-state index in [1.807, 2.05) is 24.3 Å². The van der Waals surface area contributed by atoms with Crippen LogP contribution < -0.4 is 16.0 Å². The molecular weight excluding hydrogens is 272 g/mol. The fourth-order valence-corrected chi connectivity index (χ4v) is 2.51. The van der Waals surface area contributed by atoms with Crippen LogP contribution in [0.5, 0.6) is 0 Å². The number of nitrogens with one attached hydrogen (secondary N) is 3. The zero-order valence-corrected chi connectivity index (χ0v) is 11.6. The first-order valence-electron chi connectivity index (χ1n) is 6.76. The minimum Gasteiger partial charge on any atom is -0.381 e. The number of imide groups is 1. The SMILES string of the molecule is CN1C(=O)CC(NC(=O)C2CNc3ccccc3N2)C1=O. The van der Waals surface area contributed by atoms with Crippen molar-refractivity contribution in [3.05, 3.63) is 24.3 Å². The van der Waals surface area contributed by atoms with Crippen molar-refractivity contribution < 1.29 is 14.4 Å². The molecule has 0 spiro atoms. The average Bonchev–Trinajstić information content (AvgIpc) is 2.74. The van der Waals surface area contributed by atoms with E-state index in [-0.39, 0.29) is 24.1 Å². The minimum atomic E-state index is -0.756. The van der Waals surface area contributed by atoms with E-state index in [0.717, 1.165) is 16.3 Å². The van der Waals surface area contributed by atoms with E-state index in [2.05, 4.69) is 16.0 Å². The molecule has 0 aromatic heterocycles.